The van der Waals surface area contributed by atoms with E-state index in [1.807, 2.05) is 0 Å². The van der Waals surface area contributed by atoms with Gasteiger partial charge in [0, 0.05) is 20.0 Å². The highest BCUT2D eigenvalue weighted by Crippen LogP contribution is 1.98. The molecule has 8 heteroatoms. The van der Waals surface area contributed by atoms with Crippen molar-refractivity contribution in [1.29, 1.82) is 0 Å². The number of sulfonamides is 1. The van der Waals surface area contributed by atoms with Crippen LogP contribution in [-0.4, -0.2) is 56.1 Å². The SMILES string of the molecule is CN(CC(=O)NCCCCCC(=O)O)S(C)(=O)=O. The van der Waals surface area contributed by atoms with E-state index in [1.165, 1.54) is 7.05 Å². The topological polar surface area (TPSA) is 104 Å². The minimum atomic E-state index is -3.34. The number of likely N-dealkylation sites (N-methyl/N-ethyl adjacent to an activating group) is 1. The summed E-state index contributed by atoms with van der Waals surface area (Å²) in [7, 11) is -2.00. The first-order chi connectivity index (χ1) is 8.23. The second-order valence-electron chi connectivity index (χ2n) is 4.07. The van der Waals surface area contributed by atoms with E-state index in [1.54, 1.807) is 0 Å². The normalized spacial score (nSPS) is 11.5. The number of hydrogen-bond donors (Lipinski definition) is 2. The molecule has 0 aliphatic heterocycles. The summed E-state index contributed by atoms with van der Waals surface area (Å²) in [4.78, 5) is 21.6. The van der Waals surface area contributed by atoms with Crippen molar-refractivity contribution in [1.82, 2.24) is 9.62 Å². The van der Waals surface area contributed by atoms with Gasteiger partial charge in [0.2, 0.25) is 15.9 Å². The van der Waals surface area contributed by atoms with Crippen LogP contribution < -0.4 is 5.32 Å². The number of carboxylic acids is 1. The van der Waals surface area contributed by atoms with E-state index in [2.05, 4.69) is 5.32 Å². The second kappa shape index (κ2) is 8.04. The number of carboxylic acid groups (broad SMARTS) is 1. The molecule has 1 amide bonds. The number of unbranched alkanes of at least 4 members (excludes halogenated alkanes) is 2. The Kier molecular flexibility index (Phi) is 7.53. The highest BCUT2D eigenvalue weighted by molar-refractivity contribution is 7.88. The second-order valence-corrected chi connectivity index (χ2v) is 6.16. The van der Waals surface area contributed by atoms with Gasteiger partial charge in [-0.15, -0.1) is 0 Å². The lowest BCUT2D eigenvalue weighted by Crippen LogP contribution is -2.38. The van der Waals surface area contributed by atoms with Gasteiger partial charge in [-0.1, -0.05) is 6.42 Å². The van der Waals surface area contributed by atoms with Gasteiger partial charge in [-0.25, -0.2) is 8.42 Å². The summed E-state index contributed by atoms with van der Waals surface area (Å²) in [5.41, 5.74) is 0. The first-order valence-electron chi connectivity index (χ1n) is 5.63. The lowest BCUT2D eigenvalue weighted by Gasteiger charge is -2.13. The number of rotatable bonds is 9. The van der Waals surface area contributed by atoms with Gasteiger partial charge in [-0.2, -0.15) is 4.31 Å². The molecule has 0 aromatic heterocycles. The van der Waals surface area contributed by atoms with E-state index in [0.29, 0.717) is 25.8 Å². The average Bonchev–Trinajstić information content (AvgIpc) is 2.21. The van der Waals surface area contributed by atoms with Crippen molar-refractivity contribution >= 4 is 21.9 Å². The quantitative estimate of drug-likeness (QED) is 0.561. The summed E-state index contributed by atoms with van der Waals surface area (Å²) < 4.78 is 23.0. The number of carbonyl (C=O) groups excluding carboxylic acids is 1. The third-order valence-electron chi connectivity index (χ3n) is 2.32. The van der Waals surface area contributed by atoms with Crippen molar-refractivity contribution in [3.8, 4) is 0 Å². The Morgan fingerprint density at radius 2 is 1.83 bits per heavy atom. The van der Waals surface area contributed by atoms with Crippen LogP contribution in [0.1, 0.15) is 25.7 Å². The number of nitrogens with one attached hydrogen (secondary N) is 1. The standard InChI is InChI=1S/C10H20N2O5S/c1-12(18(2,16)17)8-9(13)11-7-5-3-4-6-10(14)15/h3-8H2,1-2H3,(H,11,13)(H,14,15). The van der Waals surface area contributed by atoms with Gasteiger partial charge >= 0.3 is 5.97 Å². The molecular formula is C10H20N2O5S. The smallest absolute Gasteiger partial charge is 0.303 e. The molecule has 0 unspecified atom stereocenters. The highest BCUT2D eigenvalue weighted by atomic mass is 32.2. The molecule has 0 aromatic carbocycles. The Morgan fingerprint density at radius 1 is 1.22 bits per heavy atom. The highest BCUT2D eigenvalue weighted by Gasteiger charge is 2.14. The number of carbonyl (C=O) groups is 2. The van der Waals surface area contributed by atoms with E-state index in [9.17, 15) is 18.0 Å². The van der Waals surface area contributed by atoms with Crippen LogP contribution in [0.2, 0.25) is 0 Å². The zero-order valence-corrected chi connectivity index (χ0v) is 11.5. The van der Waals surface area contributed by atoms with E-state index in [4.69, 9.17) is 5.11 Å². The van der Waals surface area contributed by atoms with Crippen molar-refractivity contribution in [3.05, 3.63) is 0 Å². The van der Waals surface area contributed by atoms with Gasteiger partial charge in [0.1, 0.15) is 0 Å². The lowest BCUT2D eigenvalue weighted by molar-refractivity contribution is -0.137. The van der Waals surface area contributed by atoms with Gasteiger partial charge in [-0.05, 0) is 12.8 Å². The molecule has 0 saturated heterocycles. The van der Waals surface area contributed by atoms with Gasteiger partial charge in [-0.3, -0.25) is 9.59 Å². The molecule has 0 aromatic rings. The van der Waals surface area contributed by atoms with Crippen LogP contribution >= 0.6 is 0 Å². The fraction of sp³-hybridized carbons (Fsp3) is 0.800. The number of hydrogen-bond acceptors (Lipinski definition) is 4. The predicted octanol–water partition coefficient (Wildman–Crippen LogP) is -0.361. The maximum absolute atomic E-state index is 11.3. The van der Waals surface area contributed by atoms with Crippen LogP contribution in [0.4, 0.5) is 0 Å². The largest absolute Gasteiger partial charge is 0.481 e. The monoisotopic (exact) mass is 280 g/mol. The van der Waals surface area contributed by atoms with Crippen molar-refractivity contribution in [2.45, 2.75) is 25.7 Å². The van der Waals surface area contributed by atoms with Crippen LogP contribution in [0.15, 0.2) is 0 Å². The fourth-order valence-corrected chi connectivity index (χ4v) is 1.53. The number of aliphatic carboxylic acids is 1. The number of amides is 1. The minimum Gasteiger partial charge on any atom is -0.481 e. The Bertz CT molecular complexity index is 380. The van der Waals surface area contributed by atoms with E-state index in [0.717, 1.165) is 10.6 Å². The molecule has 0 bridgehead atoms. The van der Waals surface area contributed by atoms with E-state index < -0.39 is 16.0 Å². The van der Waals surface area contributed by atoms with Crippen molar-refractivity contribution in [2.24, 2.45) is 0 Å². The van der Waals surface area contributed by atoms with Crippen LogP contribution in [-0.2, 0) is 19.6 Å². The molecule has 18 heavy (non-hydrogen) atoms. The average molecular weight is 280 g/mol. The third-order valence-corrected chi connectivity index (χ3v) is 3.58. The Balaban J connectivity index is 3.63. The van der Waals surface area contributed by atoms with Crippen LogP contribution in [0.25, 0.3) is 0 Å². The molecule has 0 heterocycles. The predicted molar refractivity (Wildman–Crippen MR) is 66.6 cm³/mol. The molecule has 0 fully saturated rings. The first kappa shape index (κ1) is 16.9. The molecule has 106 valence electrons. The Hall–Kier alpha value is -1.15. The molecule has 0 radical (unpaired) electrons. The molecule has 7 nitrogen and oxygen atoms in total. The van der Waals surface area contributed by atoms with Gasteiger partial charge < -0.3 is 10.4 Å². The van der Waals surface area contributed by atoms with E-state index >= 15 is 0 Å². The fourth-order valence-electron chi connectivity index (χ4n) is 1.18. The van der Waals surface area contributed by atoms with Gasteiger partial charge in [0.05, 0.1) is 12.8 Å². The minimum absolute atomic E-state index is 0.130. The van der Waals surface area contributed by atoms with Crippen LogP contribution in [0.5, 0.6) is 0 Å². The molecule has 0 aliphatic rings. The van der Waals surface area contributed by atoms with Crippen molar-refractivity contribution < 1.29 is 23.1 Å². The first-order valence-corrected chi connectivity index (χ1v) is 7.48. The number of nitrogens with zero attached hydrogens (tertiary/aromatic N) is 1. The molecule has 0 saturated carbocycles. The zero-order valence-electron chi connectivity index (χ0n) is 10.7. The summed E-state index contributed by atoms with van der Waals surface area (Å²) in [6, 6.07) is 0. The summed E-state index contributed by atoms with van der Waals surface area (Å²) >= 11 is 0. The van der Waals surface area contributed by atoms with Crippen molar-refractivity contribution in [3.63, 3.8) is 0 Å². The summed E-state index contributed by atoms with van der Waals surface area (Å²) in [6.45, 7) is 0.226. The summed E-state index contributed by atoms with van der Waals surface area (Å²) in [6.07, 6.45) is 3.14. The summed E-state index contributed by atoms with van der Waals surface area (Å²) in [5, 5.41) is 11.0. The molecule has 0 atom stereocenters. The third kappa shape index (κ3) is 8.94. The zero-order chi connectivity index (χ0) is 14.2. The van der Waals surface area contributed by atoms with Gasteiger partial charge in [0.15, 0.2) is 0 Å². The van der Waals surface area contributed by atoms with Crippen LogP contribution in [0, 0.1) is 0 Å². The summed E-state index contributed by atoms with van der Waals surface area (Å²) in [5.74, 6) is -1.19. The Labute approximate surface area is 107 Å². The molecule has 0 spiro atoms. The maximum atomic E-state index is 11.3. The molecule has 0 rings (SSSR count). The molecule has 2 N–H and O–H groups in total. The molecular weight excluding hydrogens is 260 g/mol. The van der Waals surface area contributed by atoms with E-state index in [-0.39, 0.29) is 18.9 Å². The maximum Gasteiger partial charge on any atom is 0.303 e. The Morgan fingerprint density at radius 3 is 2.33 bits per heavy atom. The lowest BCUT2D eigenvalue weighted by atomic mass is 10.2. The van der Waals surface area contributed by atoms with Gasteiger partial charge in [0.25, 0.3) is 0 Å². The van der Waals surface area contributed by atoms with Crippen molar-refractivity contribution in [2.75, 3.05) is 26.4 Å². The van der Waals surface area contributed by atoms with Crippen LogP contribution in [0.3, 0.4) is 0 Å². The molecule has 0 aliphatic carbocycles.